The molecule has 2 aliphatic heterocycles. The molecule has 1 saturated heterocycles. The van der Waals surface area contributed by atoms with Crippen LogP contribution in [0.3, 0.4) is 0 Å². The van der Waals surface area contributed by atoms with Crippen LogP contribution in [0.15, 0.2) is 35.6 Å². The molecule has 2 unspecified atom stereocenters. The van der Waals surface area contributed by atoms with Crippen molar-refractivity contribution in [2.75, 3.05) is 35.9 Å². The Bertz CT molecular complexity index is 856. The molecule has 0 saturated carbocycles. The van der Waals surface area contributed by atoms with Gasteiger partial charge in [-0.2, -0.15) is 0 Å². The first-order valence-electron chi connectivity index (χ1n) is 9.11. The second-order valence-corrected chi connectivity index (χ2v) is 7.78. The number of amides is 1. The van der Waals surface area contributed by atoms with Gasteiger partial charge in [0.05, 0.1) is 18.0 Å². The maximum Gasteiger partial charge on any atom is 0.234 e. The first-order chi connectivity index (χ1) is 13.6. The summed E-state index contributed by atoms with van der Waals surface area (Å²) in [4.78, 5) is 23.1. The fraction of sp³-hybridized carbons (Fsp3) is 0.421. The average molecular weight is 402 g/mol. The Morgan fingerprint density at radius 1 is 1.18 bits per heavy atom. The third-order valence-electron chi connectivity index (χ3n) is 4.38. The monoisotopic (exact) mass is 402 g/mol. The van der Waals surface area contributed by atoms with Gasteiger partial charge in [-0.25, -0.2) is 9.97 Å². The Hall–Kier alpha value is -2.52. The Balaban J connectivity index is 1.34. The first kappa shape index (κ1) is 18.8. The van der Waals surface area contributed by atoms with Gasteiger partial charge in [-0.3, -0.25) is 4.79 Å². The average Bonchev–Trinajstić information content (AvgIpc) is 3.14. The number of rotatable bonds is 5. The molecule has 28 heavy (non-hydrogen) atoms. The van der Waals surface area contributed by atoms with Gasteiger partial charge >= 0.3 is 0 Å². The molecule has 0 spiro atoms. The molecule has 1 N–H and O–H groups in total. The Labute approximate surface area is 167 Å². The van der Waals surface area contributed by atoms with Crippen LogP contribution in [0.25, 0.3) is 0 Å². The van der Waals surface area contributed by atoms with Crippen LogP contribution in [-0.2, 0) is 9.53 Å². The van der Waals surface area contributed by atoms with Gasteiger partial charge < -0.3 is 24.4 Å². The fourth-order valence-corrected chi connectivity index (χ4v) is 3.92. The molecule has 9 heteroatoms. The van der Waals surface area contributed by atoms with Crippen LogP contribution in [0.1, 0.15) is 13.8 Å². The number of benzene rings is 1. The lowest BCUT2D eigenvalue weighted by atomic mass is 10.2. The van der Waals surface area contributed by atoms with Crippen molar-refractivity contribution in [2.24, 2.45) is 0 Å². The van der Waals surface area contributed by atoms with Crippen molar-refractivity contribution < 1.29 is 19.0 Å². The van der Waals surface area contributed by atoms with E-state index in [1.165, 1.54) is 18.1 Å². The van der Waals surface area contributed by atoms with Crippen LogP contribution in [-0.4, -0.2) is 53.7 Å². The summed E-state index contributed by atoms with van der Waals surface area (Å²) in [5.41, 5.74) is 0.675. The summed E-state index contributed by atoms with van der Waals surface area (Å²) in [6.07, 6.45) is 1.85. The highest BCUT2D eigenvalue weighted by atomic mass is 32.2. The summed E-state index contributed by atoms with van der Waals surface area (Å²) in [6.45, 7) is 5.89. The lowest BCUT2D eigenvalue weighted by molar-refractivity contribution is -0.113. The molecule has 8 nitrogen and oxygen atoms in total. The number of morpholine rings is 1. The van der Waals surface area contributed by atoms with Crippen molar-refractivity contribution in [3.8, 4) is 11.5 Å². The summed E-state index contributed by atoms with van der Waals surface area (Å²) < 4.78 is 16.4. The minimum absolute atomic E-state index is 0.113. The third-order valence-corrected chi connectivity index (χ3v) is 5.30. The van der Waals surface area contributed by atoms with E-state index in [4.69, 9.17) is 14.2 Å². The molecule has 0 aliphatic carbocycles. The second-order valence-electron chi connectivity index (χ2n) is 6.78. The van der Waals surface area contributed by atoms with Crippen molar-refractivity contribution in [3.05, 3.63) is 30.6 Å². The number of fused-ring (bicyclic) bond motifs is 1. The molecule has 2 aliphatic rings. The molecule has 4 rings (SSSR count). The molecule has 148 valence electrons. The number of carbonyl (C=O) groups excluding carboxylic acids is 1. The highest BCUT2D eigenvalue weighted by Gasteiger charge is 2.23. The summed E-state index contributed by atoms with van der Waals surface area (Å²) in [6, 6.07) is 7.25. The predicted molar refractivity (Wildman–Crippen MR) is 106 cm³/mol. The lowest BCUT2D eigenvalue weighted by Crippen LogP contribution is -2.45. The van der Waals surface area contributed by atoms with E-state index < -0.39 is 0 Å². The zero-order chi connectivity index (χ0) is 19.5. The van der Waals surface area contributed by atoms with Gasteiger partial charge in [0.1, 0.15) is 17.2 Å². The maximum atomic E-state index is 12.3. The highest BCUT2D eigenvalue weighted by molar-refractivity contribution is 7.99. The molecule has 0 bridgehead atoms. The minimum atomic E-state index is -0.113. The van der Waals surface area contributed by atoms with Gasteiger partial charge in [-0.15, -0.1) is 0 Å². The van der Waals surface area contributed by atoms with Crippen LogP contribution >= 0.6 is 11.8 Å². The van der Waals surface area contributed by atoms with Gasteiger partial charge in [0, 0.05) is 30.9 Å². The number of aromatic nitrogens is 2. The Kier molecular flexibility index (Phi) is 5.54. The fourth-order valence-electron chi connectivity index (χ4n) is 3.26. The van der Waals surface area contributed by atoms with E-state index >= 15 is 0 Å². The number of nitrogens with one attached hydrogen (secondary N) is 1. The van der Waals surface area contributed by atoms with Crippen LogP contribution in [0.4, 0.5) is 11.5 Å². The Morgan fingerprint density at radius 3 is 2.79 bits per heavy atom. The van der Waals surface area contributed by atoms with Crippen LogP contribution in [0.5, 0.6) is 11.5 Å². The number of nitrogens with zero attached hydrogens (tertiary/aromatic N) is 3. The van der Waals surface area contributed by atoms with Crippen molar-refractivity contribution in [2.45, 2.75) is 31.1 Å². The first-order valence-corrected chi connectivity index (χ1v) is 10.1. The standard InChI is InChI=1S/C19H22N4O4S/c1-12-7-23(8-13(2)27-12)17-6-19(21-10-20-17)28-9-18(24)22-14-3-4-15-16(5-14)26-11-25-15/h3-6,10,12-13H,7-9,11H2,1-2H3,(H,22,24). The van der Waals surface area contributed by atoms with E-state index in [0.717, 1.165) is 23.9 Å². The molecule has 1 fully saturated rings. The van der Waals surface area contributed by atoms with E-state index in [1.54, 1.807) is 18.2 Å². The van der Waals surface area contributed by atoms with Crippen molar-refractivity contribution in [1.29, 1.82) is 0 Å². The van der Waals surface area contributed by atoms with Crippen molar-refractivity contribution in [3.63, 3.8) is 0 Å². The summed E-state index contributed by atoms with van der Waals surface area (Å²) in [7, 11) is 0. The largest absolute Gasteiger partial charge is 0.454 e. The van der Waals surface area contributed by atoms with E-state index in [2.05, 4.69) is 34.0 Å². The second kappa shape index (κ2) is 8.24. The molecule has 1 aromatic heterocycles. The van der Waals surface area contributed by atoms with Gasteiger partial charge in [-0.1, -0.05) is 11.8 Å². The number of anilines is 2. The van der Waals surface area contributed by atoms with Crippen molar-refractivity contribution in [1.82, 2.24) is 9.97 Å². The normalized spacial score (nSPS) is 20.9. The highest BCUT2D eigenvalue weighted by Crippen LogP contribution is 2.34. The molecule has 1 amide bonds. The Morgan fingerprint density at radius 2 is 1.96 bits per heavy atom. The van der Waals surface area contributed by atoms with Gasteiger partial charge in [0.15, 0.2) is 11.5 Å². The number of ether oxygens (including phenoxy) is 3. The predicted octanol–water partition coefficient (Wildman–Crippen LogP) is 2.55. The van der Waals surface area contributed by atoms with Crippen molar-refractivity contribution >= 4 is 29.2 Å². The van der Waals surface area contributed by atoms with Gasteiger partial charge in [-0.05, 0) is 26.0 Å². The number of hydrogen-bond donors (Lipinski definition) is 1. The zero-order valence-corrected chi connectivity index (χ0v) is 16.6. The molecule has 0 radical (unpaired) electrons. The number of hydrogen-bond acceptors (Lipinski definition) is 8. The maximum absolute atomic E-state index is 12.3. The lowest BCUT2D eigenvalue weighted by Gasteiger charge is -2.36. The quantitative estimate of drug-likeness (QED) is 0.603. The molecule has 2 atom stereocenters. The van der Waals surface area contributed by atoms with Crippen LogP contribution < -0.4 is 19.7 Å². The van der Waals surface area contributed by atoms with Crippen LogP contribution in [0.2, 0.25) is 0 Å². The minimum Gasteiger partial charge on any atom is -0.454 e. The SMILES string of the molecule is CC1CN(c2cc(SCC(=O)Nc3ccc4c(c3)OCO4)ncn2)CC(C)O1. The summed E-state index contributed by atoms with van der Waals surface area (Å²) in [5.74, 6) is 2.32. The zero-order valence-electron chi connectivity index (χ0n) is 15.8. The molecular formula is C19H22N4O4S. The van der Waals surface area contributed by atoms with Gasteiger partial charge in [0.25, 0.3) is 0 Å². The van der Waals surface area contributed by atoms with Crippen LogP contribution in [0, 0.1) is 0 Å². The topological polar surface area (TPSA) is 85.8 Å². The summed E-state index contributed by atoms with van der Waals surface area (Å²) >= 11 is 1.38. The number of carbonyl (C=O) groups is 1. The van der Waals surface area contributed by atoms with Gasteiger partial charge in [0.2, 0.25) is 12.7 Å². The van der Waals surface area contributed by atoms with E-state index in [1.807, 2.05) is 6.07 Å². The molecule has 1 aromatic carbocycles. The van der Waals surface area contributed by atoms with E-state index in [-0.39, 0.29) is 30.7 Å². The van der Waals surface area contributed by atoms with E-state index in [9.17, 15) is 4.79 Å². The number of thioether (sulfide) groups is 1. The molecule has 2 aromatic rings. The molecular weight excluding hydrogens is 380 g/mol. The third kappa shape index (κ3) is 4.48. The smallest absolute Gasteiger partial charge is 0.234 e. The molecule has 3 heterocycles. The summed E-state index contributed by atoms with van der Waals surface area (Å²) in [5, 5.41) is 3.63. The van der Waals surface area contributed by atoms with E-state index in [0.29, 0.717) is 17.2 Å².